The number of Topliss-reactive ketones (excluding diaryl/α,β-unsaturated/α-hetero) is 2. The molecule has 2 aromatic carbocycles. The minimum Gasteiger partial charge on any atom is -0.450 e. The van der Waals surface area contributed by atoms with Crippen LogP contribution in [0.15, 0.2) is 36.4 Å². The summed E-state index contributed by atoms with van der Waals surface area (Å²) in [6.45, 7) is 1.92. The molecule has 2 aromatic rings. The third-order valence-electron chi connectivity index (χ3n) is 6.47. The molecule has 2 aliphatic carbocycles. The highest BCUT2D eigenvalue weighted by Gasteiger charge is 2.48. The van der Waals surface area contributed by atoms with Crippen molar-refractivity contribution in [1.82, 2.24) is 0 Å². The number of carbonyl (C=O) groups is 2. The van der Waals surface area contributed by atoms with Crippen LogP contribution in [-0.4, -0.2) is 23.4 Å². The average molecular weight is 446 g/mol. The fourth-order valence-corrected chi connectivity index (χ4v) is 4.80. The van der Waals surface area contributed by atoms with Crippen molar-refractivity contribution in [2.24, 2.45) is 11.8 Å². The normalized spacial score (nSPS) is 22.8. The zero-order valence-electron chi connectivity index (χ0n) is 17.7. The lowest BCUT2D eigenvalue weighted by Gasteiger charge is -2.27. The number of ketones is 2. The van der Waals surface area contributed by atoms with Gasteiger partial charge in [0.1, 0.15) is 11.7 Å². The minimum absolute atomic E-state index is 0.0490. The molecule has 0 saturated heterocycles. The molecule has 0 amide bonds. The van der Waals surface area contributed by atoms with Crippen molar-refractivity contribution in [3.05, 3.63) is 58.0 Å². The average Bonchev–Trinajstić information content (AvgIpc) is 3.19. The summed E-state index contributed by atoms with van der Waals surface area (Å²) in [7, 11) is 1.09. The molecule has 0 N–H and O–H groups in total. The topological polar surface area (TPSA) is 63.5 Å². The van der Waals surface area contributed by atoms with E-state index in [1.54, 1.807) is 18.2 Å². The van der Waals surface area contributed by atoms with Crippen LogP contribution in [0, 0.1) is 16.7 Å². The Morgan fingerprint density at radius 2 is 1.69 bits per heavy atom. The standard InChI is InChI=1S/C24H23F3NO4/c1-3-13-6-8-17(12-18(13)21-22(29)14-4-5-15(10-14)23(21)30)32-20-9-7-16(24(25,26)27)11-19(20)28(2)31/h6-9,11-12,14-15,21H,3-5,10H2,1-2H3/q+1. The van der Waals surface area contributed by atoms with Gasteiger partial charge < -0.3 is 4.74 Å². The number of nitroso groups, excluding NO2 is 1. The minimum atomic E-state index is -4.60. The molecule has 0 aromatic heterocycles. The number of halogens is 3. The number of ether oxygens (including phenoxy) is 1. The van der Waals surface area contributed by atoms with Gasteiger partial charge in [-0.2, -0.15) is 13.2 Å². The molecule has 168 valence electrons. The molecule has 2 aliphatic rings. The number of carbonyl (C=O) groups excluding carboxylic acids is 2. The first-order valence-electron chi connectivity index (χ1n) is 10.6. The highest BCUT2D eigenvalue weighted by Crippen LogP contribution is 2.45. The quantitative estimate of drug-likeness (QED) is 0.433. The molecular weight excluding hydrogens is 423 g/mol. The molecule has 0 radical (unpaired) electrons. The van der Waals surface area contributed by atoms with Gasteiger partial charge >= 0.3 is 6.18 Å². The molecule has 2 saturated carbocycles. The van der Waals surface area contributed by atoms with Crippen LogP contribution in [0.2, 0.25) is 0 Å². The predicted molar refractivity (Wildman–Crippen MR) is 110 cm³/mol. The third-order valence-corrected chi connectivity index (χ3v) is 6.47. The van der Waals surface area contributed by atoms with Crippen molar-refractivity contribution >= 4 is 17.3 Å². The molecule has 2 fully saturated rings. The van der Waals surface area contributed by atoms with Crippen molar-refractivity contribution in [3.8, 4) is 11.5 Å². The lowest BCUT2D eigenvalue weighted by atomic mass is 9.74. The molecule has 0 spiro atoms. The molecule has 0 aliphatic heterocycles. The van der Waals surface area contributed by atoms with Crippen LogP contribution in [-0.2, 0) is 22.2 Å². The first-order chi connectivity index (χ1) is 15.1. The molecule has 4 rings (SSSR count). The van der Waals surface area contributed by atoms with Crippen LogP contribution in [0.4, 0.5) is 18.9 Å². The molecule has 2 unspecified atom stereocenters. The number of hydrogen-bond acceptors (Lipinski definition) is 4. The Kier molecular flexibility index (Phi) is 5.65. The van der Waals surface area contributed by atoms with Gasteiger partial charge in [0.2, 0.25) is 5.75 Å². The van der Waals surface area contributed by atoms with Crippen LogP contribution >= 0.6 is 0 Å². The number of nitrogens with zero attached hydrogens (tertiary/aromatic N) is 1. The zero-order chi connectivity index (χ0) is 23.2. The van der Waals surface area contributed by atoms with Crippen molar-refractivity contribution in [2.75, 3.05) is 7.05 Å². The maximum Gasteiger partial charge on any atom is 0.416 e. The summed E-state index contributed by atoms with van der Waals surface area (Å²) >= 11 is 0. The summed E-state index contributed by atoms with van der Waals surface area (Å²) in [5.41, 5.74) is 0.196. The Labute approximate surface area is 183 Å². The monoisotopic (exact) mass is 446 g/mol. The van der Waals surface area contributed by atoms with Gasteiger partial charge in [0, 0.05) is 27.6 Å². The van der Waals surface area contributed by atoms with E-state index in [0.29, 0.717) is 23.2 Å². The van der Waals surface area contributed by atoms with E-state index in [0.717, 1.165) is 43.7 Å². The summed E-state index contributed by atoms with van der Waals surface area (Å²) in [6.07, 6.45) is -1.91. The molecule has 2 atom stereocenters. The second-order valence-electron chi connectivity index (χ2n) is 8.44. The van der Waals surface area contributed by atoms with E-state index < -0.39 is 17.7 Å². The molecule has 32 heavy (non-hydrogen) atoms. The Balaban J connectivity index is 1.72. The molecule has 0 heterocycles. The number of rotatable bonds is 5. The lowest BCUT2D eigenvalue weighted by molar-refractivity contribution is -0.429. The van der Waals surface area contributed by atoms with Crippen molar-refractivity contribution in [1.29, 1.82) is 0 Å². The van der Waals surface area contributed by atoms with Crippen molar-refractivity contribution < 1.29 is 32.3 Å². The second-order valence-corrected chi connectivity index (χ2v) is 8.44. The number of hydrogen-bond donors (Lipinski definition) is 0. The van der Waals surface area contributed by atoms with E-state index in [9.17, 15) is 27.7 Å². The predicted octanol–water partition coefficient (Wildman–Crippen LogP) is 5.75. The van der Waals surface area contributed by atoms with Gasteiger partial charge in [-0.1, -0.05) is 13.0 Å². The second kappa shape index (κ2) is 8.15. The number of aryl methyl sites for hydroxylation is 1. The van der Waals surface area contributed by atoms with Gasteiger partial charge in [0.05, 0.1) is 5.56 Å². The lowest BCUT2D eigenvalue weighted by Crippen LogP contribution is -2.35. The third kappa shape index (κ3) is 3.94. The Morgan fingerprint density at radius 3 is 2.25 bits per heavy atom. The number of benzene rings is 2. The van der Waals surface area contributed by atoms with E-state index in [4.69, 9.17) is 4.74 Å². The van der Waals surface area contributed by atoms with Gasteiger partial charge in [-0.05, 0) is 61.1 Å². The number of fused-ring (bicyclic) bond motifs is 2. The summed E-state index contributed by atoms with van der Waals surface area (Å²) < 4.78 is 45.2. The van der Waals surface area contributed by atoms with Gasteiger partial charge in [0.25, 0.3) is 5.69 Å². The molecular formula is C24H23F3NO4+. The SMILES string of the molecule is CCc1ccc(Oc2ccc(C(F)(F)F)cc2[N+](C)=O)cc1C1C(=O)C2CCC(C2)C1=O. The van der Waals surface area contributed by atoms with Crippen molar-refractivity contribution in [3.63, 3.8) is 0 Å². The van der Waals surface area contributed by atoms with Gasteiger partial charge in [-0.25, -0.2) is 0 Å². The summed E-state index contributed by atoms with van der Waals surface area (Å²) in [5, 5.41) is 0. The van der Waals surface area contributed by atoms with Gasteiger partial charge in [0.15, 0.2) is 18.6 Å². The van der Waals surface area contributed by atoms with E-state index >= 15 is 0 Å². The Bertz CT molecular complexity index is 1090. The smallest absolute Gasteiger partial charge is 0.416 e. The highest BCUT2D eigenvalue weighted by molar-refractivity contribution is 6.12. The highest BCUT2D eigenvalue weighted by atomic mass is 19.4. The summed E-state index contributed by atoms with van der Waals surface area (Å²) in [4.78, 5) is 37.9. The molecule has 8 heteroatoms. The fraction of sp³-hybridized carbons (Fsp3) is 0.417. The van der Waals surface area contributed by atoms with Gasteiger partial charge in [-0.3, -0.25) is 9.59 Å². The number of alkyl halides is 3. The molecule has 2 bridgehead atoms. The summed E-state index contributed by atoms with van der Waals surface area (Å²) in [5.74, 6) is -0.977. The van der Waals surface area contributed by atoms with Crippen LogP contribution in [0.25, 0.3) is 0 Å². The Morgan fingerprint density at radius 1 is 1.03 bits per heavy atom. The summed E-state index contributed by atoms with van der Waals surface area (Å²) in [6, 6.07) is 7.66. The van der Waals surface area contributed by atoms with Crippen LogP contribution < -0.4 is 4.74 Å². The van der Waals surface area contributed by atoms with Crippen LogP contribution in [0.3, 0.4) is 0 Å². The van der Waals surface area contributed by atoms with E-state index in [-0.39, 0.29) is 40.6 Å². The largest absolute Gasteiger partial charge is 0.450 e. The van der Waals surface area contributed by atoms with Crippen LogP contribution in [0.1, 0.15) is 48.8 Å². The van der Waals surface area contributed by atoms with E-state index in [1.807, 2.05) is 6.92 Å². The first-order valence-corrected chi connectivity index (χ1v) is 10.6. The van der Waals surface area contributed by atoms with Crippen LogP contribution in [0.5, 0.6) is 11.5 Å². The van der Waals surface area contributed by atoms with E-state index in [1.165, 1.54) is 0 Å². The van der Waals surface area contributed by atoms with Gasteiger partial charge in [-0.15, -0.1) is 0 Å². The maximum atomic E-state index is 13.0. The molecule has 5 nitrogen and oxygen atoms in total. The van der Waals surface area contributed by atoms with E-state index in [2.05, 4.69) is 0 Å². The van der Waals surface area contributed by atoms with Crippen molar-refractivity contribution in [2.45, 2.75) is 44.7 Å². The Hall–Kier alpha value is -3.03. The zero-order valence-corrected chi connectivity index (χ0v) is 17.7. The first kappa shape index (κ1) is 22.2. The fourth-order valence-electron chi connectivity index (χ4n) is 4.80. The maximum absolute atomic E-state index is 13.0.